The molecule has 0 spiro atoms. The van der Waals surface area contributed by atoms with Gasteiger partial charge in [-0.15, -0.1) is 0 Å². The molecule has 4 aliphatic rings. The van der Waals surface area contributed by atoms with Crippen molar-refractivity contribution in [2.45, 2.75) is 124 Å². The number of hydrogen-bond acceptors (Lipinski definition) is 2. The second-order valence-electron chi connectivity index (χ2n) is 20.5. The van der Waals surface area contributed by atoms with E-state index in [1.165, 1.54) is 57.6 Å². The minimum atomic E-state index is -1.96. The first-order valence-corrected chi connectivity index (χ1v) is 23.0. The summed E-state index contributed by atoms with van der Waals surface area (Å²) in [6.45, 7) is 32.0. The molecule has 51 heavy (non-hydrogen) atoms. The average molecular weight is 705 g/mol. The largest absolute Gasteiger partial charge is 0.501 e. The van der Waals surface area contributed by atoms with Crippen molar-refractivity contribution in [3.63, 3.8) is 0 Å². The maximum Gasteiger partial charge on any atom is 0.126 e. The molecule has 2 aromatic rings. The molecule has 0 bridgehead atoms. The summed E-state index contributed by atoms with van der Waals surface area (Å²) in [6.07, 6.45) is 9.94. The van der Waals surface area contributed by atoms with Crippen LogP contribution in [0, 0.1) is 40.9 Å². The smallest absolute Gasteiger partial charge is 0.126 e. The van der Waals surface area contributed by atoms with Gasteiger partial charge in [-0.25, -0.2) is 0 Å². The number of fused-ring (bicyclic) bond motifs is 2. The van der Waals surface area contributed by atoms with E-state index in [9.17, 15) is 0 Å². The predicted octanol–water partition coefficient (Wildman–Crippen LogP) is 13.2. The number of ether oxygens (including phenoxy) is 2. The molecule has 0 radical (unpaired) electrons. The van der Waals surface area contributed by atoms with Crippen LogP contribution in [0.5, 0.6) is 0 Å². The number of methoxy groups -OCH3 is 2. The molecule has 0 amide bonds. The van der Waals surface area contributed by atoms with E-state index in [0.717, 1.165) is 5.76 Å². The molecule has 2 fully saturated rings. The van der Waals surface area contributed by atoms with Gasteiger partial charge in [0.15, 0.2) is 0 Å². The highest BCUT2D eigenvalue weighted by Crippen LogP contribution is 2.67. The van der Waals surface area contributed by atoms with Gasteiger partial charge in [-0.3, -0.25) is 0 Å². The van der Waals surface area contributed by atoms with Crippen LogP contribution < -0.4 is 0 Å². The second-order valence-corrected chi connectivity index (χ2v) is 25.4. The normalized spacial score (nSPS) is 30.0. The van der Waals surface area contributed by atoms with E-state index in [4.69, 9.17) is 9.47 Å². The first kappa shape index (κ1) is 38.0. The molecular weight excluding hydrogens is 637 g/mol. The number of rotatable bonds is 6. The van der Waals surface area contributed by atoms with Gasteiger partial charge in [0.1, 0.15) is 5.76 Å². The Morgan fingerprint density at radius 3 is 1.75 bits per heavy atom. The van der Waals surface area contributed by atoms with Gasteiger partial charge in [0.2, 0.25) is 0 Å². The minimum absolute atomic E-state index is 0.00725. The summed E-state index contributed by atoms with van der Waals surface area (Å²) in [7, 11) is 1.85. The fraction of sp³-hybridized carbons (Fsp3) is 0.583. The van der Waals surface area contributed by atoms with Crippen molar-refractivity contribution in [2.75, 3.05) is 14.2 Å². The van der Waals surface area contributed by atoms with E-state index >= 15 is 0 Å². The van der Waals surface area contributed by atoms with Crippen LogP contribution in [0.4, 0.5) is 0 Å². The Balaban J connectivity index is 1.44. The molecule has 8 unspecified atom stereocenters. The molecule has 4 aliphatic carbocycles. The van der Waals surface area contributed by atoms with Gasteiger partial charge in [-0.1, -0.05) is 150 Å². The molecule has 276 valence electrons. The van der Waals surface area contributed by atoms with E-state index in [1.54, 1.807) is 0 Å². The zero-order chi connectivity index (χ0) is 37.4. The minimum Gasteiger partial charge on any atom is -0.501 e. The van der Waals surface area contributed by atoms with Crippen molar-refractivity contribution in [3.05, 3.63) is 106 Å². The number of benzene rings is 2. The second kappa shape index (κ2) is 13.3. The third-order valence-electron chi connectivity index (χ3n) is 13.6. The van der Waals surface area contributed by atoms with Crippen molar-refractivity contribution in [2.24, 2.45) is 40.9 Å². The molecular formula is C48H68O2Si. The van der Waals surface area contributed by atoms with Crippen LogP contribution in [0.1, 0.15) is 111 Å². The lowest BCUT2D eigenvalue weighted by Crippen LogP contribution is -2.46. The summed E-state index contributed by atoms with van der Waals surface area (Å²) in [5.74, 6) is 5.49. The number of hydrogen-bond donors (Lipinski definition) is 0. The Labute approximate surface area is 312 Å². The van der Waals surface area contributed by atoms with Crippen molar-refractivity contribution in [3.8, 4) is 0 Å². The van der Waals surface area contributed by atoms with Gasteiger partial charge in [-0.05, 0) is 109 Å². The molecule has 0 heterocycles. The lowest BCUT2D eigenvalue weighted by Gasteiger charge is -2.47. The zero-order valence-corrected chi connectivity index (χ0v) is 35.7. The SMILES string of the molecule is COC1=CC=C(c2cc(C(C)(C)C)cc(C(C)(C)C)c2)C2CC(C)C([Si](C)(C)C3C(C)CC4C(c5ccccc5)=C(OC)C(C(C)(C)C)=CC43)C12. The Kier molecular flexibility index (Phi) is 9.87. The molecule has 8 atom stereocenters. The van der Waals surface area contributed by atoms with Gasteiger partial charge in [0.05, 0.1) is 28.1 Å². The van der Waals surface area contributed by atoms with Gasteiger partial charge < -0.3 is 9.47 Å². The van der Waals surface area contributed by atoms with Crippen LogP contribution in [-0.4, -0.2) is 22.3 Å². The summed E-state index contributed by atoms with van der Waals surface area (Å²) >= 11 is 0. The van der Waals surface area contributed by atoms with Crippen LogP contribution in [0.3, 0.4) is 0 Å². The first-order valence-electron chi connectivity index (χ1n) is 19.9. The lowest BCUT2D eigenvalue weighted by atomic mass is 9.72. The first-order chi connectivity index (χ1) is 23.7. The molecule has 0 aliphatic heterocycles. The molecule has 2 nitrogen and oxygen atoms in total. The van der Waals surface area contributed by atoms with Crippen molar-refractivity contribution < 1.29 is 9.47 Å². The van der Waals surface area contributed by atoms with Gasteiger partial charge >= 0.3 is 0 Å². The molecule has 2 aromatic carbocycles. The molecule has 6 rings (SSSR count). The van der Waals surface area contributed by atoms with E-state index < -0.39 is 8.07 Å². The maximum absolute atomic E-state index is 6.38. The Hall–Kier alpha value is -2.78. The average Bonchev–Trinajstić information content (AvgIpc) is 3.58. The van der Waals surface area contributed by atoms with Crippen molar-refractivity contribution in [1.82, 2.24) is 0 Å². The van der Waals surface area contributed by atoms with Gasteiger partial charge in [-0.2, -0.15) is 0 Å². The molecule has 2 saturated carbocycles. The van der Waals surface area contributed by atoms with Crippen LogP contribution in [0.25, 0.3) is 11.1 Å². The van der Waals surface area contributed by atoms with E-state index in [2.05, 4.69) is 156 Å². The van der Waals surface area contributed by atoms with Crippen molar-refractivity contribution >= 4 is 19.2 Å². The van der Waals surface area contributed by atoms with Crippen LogP contribution >= 0.6 is 0 Å². The molecule has 0 N–H and O–H groups in total. The Bertz CT molecular complexity index is 1720. The summed E-state index contributed by atoms with van der Waals surface area (Å²) < 4.78 is 12.8. The van der Waals surface area contributed by atoms with Crippen LogP contribution in [0.15, 0.2) is 83.9 Å². The van der Waals surface area contributed by atoms with Gasteiger partial charge in [0.25, 0.3) is 0 Å². The molecule has 0 saturated heterocycles. The van der Waals surface area contributed by atoms with E-state index in [0.29, 0.717) is 46.6 Å². The van der Waals surface area contributed by atoms with E-state index in [-0.39, 0.29) is 16.2 Å². The van der Waals surface area contributed by atoms with Crippen LogP contribution in [0.2, 0.25) is 24.2 Å². The van der Waals surface area contributed by atoms with E-state index in [1.807, 2.05) is 14.2 Å². The summed E-state index contributed by atoms with van der Waals surface area (Å²) in [6, 6.07) is 18.7. The summed E-state index contributed by atoms with van der Waals surface area (Å²) in [5, 5.41) is 0. The highest BCUT2D eigenvalue weighted by atomic mass is 28.3. The summed E-state index contributed by atoms with van der Waals surface area (Å²) in [4.78, 5) is 0. The number of allylic oxidation sites excluding steroid dienone is 7. The third-order valence-corrected chi connectivity index (χ3v) is 18.9. The maximum atomic E-state index is 6.38. The fourth-order valence-electron chi connectivity index (χ4n) is 11.4. The van der Waals surface area contributed by atoms with Crippen LogP contribution in [-0.2, 0) is 20.3 Å². The third kappa shape index (κ3) is 6.68. The predicted molar refractivity (Wildman–Crippen MR) is 221 cm³/mol. The summed E-state index contributed by atoms with van der Waals surface area (Å²) in [5.41, 5.74) is 11.5. The monoisotopic (exact) mass is 704 g/mol. The standard InChI is InChI=1S/C48H68O2Si/c1-29-23-37-38(28-39(48(9,10)11)43(50-13)41(37)31-19-17-16-18-20-31)44(29)51(14,15)45-30(2)24-36-35(21-22-40(49-12)42(36)45)32-25-33(46(3,4)5)27-34(26-32)47(6,7)8/h16-22,25-30,36-38,42,44-45H,23-24H2,1-15H3. The quantitative estimate of drug-likeness (QED) is 0.279. The highest BCUT2D eigenvalue weighted by Gasteiger charge is 2.60. The lowest BCUT2D eigenvalue weighted by molar-refractivity contribution is 0.225. The molecule has 3 heteroatoms. The van der Waals surface area contributed by atoms with Crippen molar-refractivity contribution in [1.29, 1.82) is 0 Å². The zero-order valence-electron chi connectivity index (χ0n) is 34.7. The topological polar surface area (TPSA) is 18.5 Å². The van der Waals surface area contributed by atoms with Gasteiger partial charge in [0, 0.05) is 11.5 Å². The Morgan fingerprint density at radius 2 is 1.22 bits per heavy atom. The fourth-order valence-corrected chi connectivity index (χ4v) is 17.7. The highest BCUT2D eigenvalue weighted by molar-refractivity contribution is 6.80. The Morgan fingerprint density at radius 1 is 0.647 bits per heavy atom. The molecule has 0 aromatic heterocycles.